The molecule has 0 radical (unpaired) electrons. The summed E-state index contributed by atoms with van der Waals surface area (Å²) in [6, 6.07) is 0. The normalized spacial score (nSPS) is 18.3. The molecule has 1 aliphatic carbocycles. The quantitative estimate of drug-likeness (QED) is 0.611. The molecule has 0 saturated carbocycles. The van der Waals surface area contributed by atoms with Gasteiger partial charge in [-0.25, -0.2) is 0 Å². The van der Waals surface area contributed by atoms with Gasteiger partial charge in [0.2, 0.25) is 0 Å². The first kappa shape index (κ1) is 7.47. The van der Waals surface area contributed by atoms with E-state index in [9.17, 15) is 0 Å². The third-order valence-corrected chi connectivity index (χ3v) is 7.38. The third kappa shape index (κ3) is 1.90. The average molecular weight is 201 g/mol. The van der Waals surface area contributed by atoms with Gasteiger partial charge in [-0.1, -0.05) is 0 Å². The molecule has 0 aromatic carbocycles. The van der Waals surface area contributed by atoms with E-state index in [-0.39, 0.29) is 0 Å². The predicted molar refractivity (Wildman–Crippen MR) is 39.4 cm³/mol. The zero-order valence-electron chi connectivity index (χ0n) is 6.44. The summed E-state index contributed by atoms with van der Waals surface area (Å²) in [5, 5.41) is 0. The fourth-order valence-electron chi connectivity index (χ4n) is 1.00. The predicted octanol–water partition coefficient (Wildman–Crippen LogP) is 3.13. The summed E-state index contributed by atoms with van der Waals surface area (Å²) in [6.45, 7) is 0. The van der Waals surface area contributed by atoms with Gasteiger partial charge in [0.1, 0.15) is 0 Å². The summed E-state index contributed by atoms with van der Waals surface area (Å²) in [5.41, 5.74) is 0. The molecular formula is C8H14Zr. The van der Waals surface area contributed by atoms with Gasteiger partial charge >= 0.3 is 62.1 Å². The molecule has 1 heteroatoms. The van der Waals surface area contributed by atoms with Crippen LogP contribution in [0.15, 0.2) is 21.5 Å². The van der Waals surface area contributed by atoms with Crippen molar-refractivity contribution in [2.24, 2.45) is 0 Å². The van der Waals surface area contributed by atoms with E-state index in [1.807, 2.05) is 0 Å². The summed E-state index contributed by atoms with van der Waals surface area (Å²) < 4.78 is 9.15. The summed E-state index contributed by atoms with van der Waals surface area (Å²) >= 11 is -1.59. The van der Waals surface area contributed by atoms with Crippen molar-refractivity contribution >= 4 is 0 Å². The fourth-order valence-corrected chi connectivity index (χ4v) is 4.26. The second-order valence-corrected chi connectivity index (χ2v) is 16.2. The van der Waals surface area contributed by atoms with Crippen molar-refractivity contribution in [2.45, 2.75) is 20.3 Å². The van der Waals surface area contributed by atoms with Gasteiger partial charge in [-0.05, 0) is 0 Å². The Balaban J connectivity index is 2.66. The third-order valence-electron chi connectivity index (χ3n) is 1.73. The zero-order valence-corrected chi connectivity index (χ0v) is 8.90. The van der Waals surface area contributed by atoms with Crippen molar-refractivity contribution in [2.75, 3.05) is 0 Å². The molecule has 1 rings (SSSR count). The first-order valence-electron chi connectivity index (χ1n) is 3.47. The molecule has 0 bridgehead atoms. The van der Waals surface area contributed by atoms with Crippen LogP contribution in [0.5, 0.6) is 0 Å². The molecule has 0 atom stereocenters. The topological polar surface area (TPSA) is 0 Å². The van der Waals surface area contributed by atoms with Crippen molar-refractivity contribution in [3.05, 3.63) is 21.5 Å². The molecule has 0 nitrogen and oxygen atoms in total. The van der Waals surface area contributed by atoms with Gasteiger partial charge in [0.05, 0.1) is 0 Å². The molecule has 1 aliphatic rings. The van der Waals surface area contributed by atoms with E-state index in [0.717, 1.165) is 0 Å². The van der Waals surface area contributed by atoms with Crippen molar-refractivity contribution in [3.8, 4) is 0 Å². The van der Waals surface area contributed by atoms with E-state index in [0.29, 0.717) is 0 Å². The Morgan fingerprint density at radius 2 is 2.00 bits per heavy atom. The second kappa shape index (κ2) is 2.54. The number of hydrogen-bond donors (Lipinski definition) is 0. The van der Waals surface area contributed by atoms with Crippen molar-refractivity contribution in [1.82, 2.24) is 0 Å². The monoisotopic (exact) mass is 200 g/mol. The van der Waals surface area contributed by atoms with Gasteiger partial charge in [-0.3, -0.25) is 0 Å². The summed E-state index contributed by atoms with van der Waals surface area (Å²) in [5.74, 6) is 0. The number of hydrogen-bond acceptors (Lipinski definition) is 0. The van der Waals surface area contributed by atoms with Crippen molar-refractivity contribution in [3.63, 3.8) is 0 Å². The van der Waals surface area contributed by atoms with E-state index in [1.54, 1.807) is 3.28 Å². The van der Waals surface area contributed by atoms with Gasteiger partial charge in [-0.15, -0.1) is 0 Å². The Bertz CT molecular complexity index is 158. The Morgan fingerprint density at radius 3 is 2.22 bits per heavy atom. The van der Waals surface area contributed by atoms with E-state index in [4.69, 9.17) is 0 Å². The summed E-state index contributed by atoms with van der Waals surface area (Å²) in [6.07, 6.45) is 8.02. The average Bonchev–Trinajstić information content (AvgIpc) is 2.08. The molecule has 0 aromatic rings. The van der Waals surface area contributed by atoms with Crippen LogP contribution < -0.4 is 0 Å². The minimum absolute atomic E-state index is 1.25. The summed E-state index contributed by atoms with van der Waals surface area (Å²) in [7, 11) is 0. The van der Waals surface area contributed by atoms with E-state index in [2.05, 4.69) is 32.1 Å². The summed E-state index contributed by atoms with van der Waals surface area (Å²) in [4.78, 5) is 0. The van der Waals surface area contributed by atoms with Gasteiger partial charge in [0.15, 0.2) is 0 Å². The first-order chi connectivity index (χ1) is 4.11. The van der Waals surface area contributed by atoms with Crippen LogP contribution in [0.2, 0.25) is 13.9 Å². The van der Waals surface area contributed by atoms with E-state index >= 15 is 0 Å². The molecule has 0 amide bonds. The minimum atomic E-state index is -1.59. The zero-order chi connectivity index (χ0) is 6.91. The van der Waals surface area contributed by atoms with Crippen LogP contribution in [0, 0.1) is 0 Å². The Hall–Kier alpha value is 0.363. The maximum atomic E-state index is 2.47. The van der Waals surface area contributed by atoms with Crippen molar-refractivity contribution < 1.29 is 20.3 Å². The van der Waals surface area contributed by atoms with Gasteiger partial charge < -0.3 is 0 Å². The van der Waals surface area contributed by atoms with Crippen LogP contribution in [0.3, 0.4) is 0 Å². The molecule has 9 heavy (non-hydrogen) atoms. The van der Waals surface area contributed by atoms with Crippen LogP contribution in [0.1, 0.15) is 6.42 Å². The SMILES string of the molecule is [CH3][Zr]([CH3])([CH3])[C]1=CC=CC1. The van der Waals surface area contributed by atoms with Gasteiger partial charge in [-0.2, -0.15) is 0 Å². The molecule has 0 unspecified atom stereocenters. The molecule has 0 saturated heterocycles. The van der Waals surface area contributed by atoms with E-state index < -0.39 is 20.3 Å². The first-order valence-corrected chi connectivity index (χ1v) is 12.1. The standard InChI is InChI=1S/C5H5.3CH3.Zr/c1-2-4-5-3-1;;;;/h1-3H,4H2;3*1H3;. The molecule has 50 valence electrons. The fraction of sp³-hybridized carbons (Fsp3) is 0.500. The molecule has 0 aromatic heterocycles. The Kier molecular flexibility index (Phi) is 2.11. The van der Waals surface area contributed by atoms with Crippen molar-refractivity contribution in [1.29, 1.82) is 0 Å². The van der Waals surface area contributed by atoms with Crippen LogP contribution in [-0.4, -0.2) is 0 Å². The maximum absolute atomic E-state index is 2.47. The molecule has 0 fully saturated rings. The molecule has 0 N–H and O–H groups in total. The van der Waals surface area contributed by atoms with Crippen LogP contribution in [0.25, 0.3) is 0 Å². The second-order valence-electron chi connectivity index (χ2n) is 3.57. The number of rotatable bonds is 1. The van der Waals surface area contributed by atoms with Crippen LogP contribution >= 0.6 is 0 Å². The molecular weight excluding hydrogens is 187 g/mol. The molecule has 0 aliphatic heterocycles. The van der Waals surface area contributed by atoms with Crippen LogP contribution in [-0.2, 0) is 20.3 Å². The number of allylic oxidation sites excluding steroid dienone is 4. The van der Waals surface area contributed by atoms with E-state index in [1.165, 1.54) is 6.42 Å². The Morgan fingerprint density at radius 1 is 1.33 bits per heavy atom. The van der Waals surface area contributed by atoms with Gasteiger partial charge in [0, 0.05) is 0 Å². The molecule has 0 heterocycles. The Labute approximate surface area is 62.1 Å². The molecule has 0 spiro atoms. The van der Waals surface area contributed by atoms with Crippen LogP contribution in [0.4, 0.5) is 0 Å². The van der Waals surface area contributed by atoms with Gasteiger partial charge in [0.25, 0.3) is 0 Å².